The summed E-state index contributed by atoms with van der Waals surface area (Å²) in [5.41, 5.74) is 15.8. The lowest BCUT2D eigenvalue weighted by Crippen LogP contribution is -1.86. The first-order valence-electron chi connectivity index (χ1n) is 16.1. The van der Waals surface area contributed by atoms with E-state index in [1.54, 1.807) is 0 Å². The fourth-order valence-corrected chi connectivity index (χ4v) is 8.52. The topological polar surface area (TPSA) is 0 Å². The van der Waals surface area contributed by atoms with Gasteiger partial charge in [0.05, 0.1) is 0 Å². The third kappa shape index (κ3) is 3.13. The molecule has 0 saturated heterocycles. The van der Waals surface area contributed by atoms with Gasteiger partial charge in [-0.05, 0) is 128 Å². The summed E-state index contributed by atoms with van der Waals surface area (Å²) in [5, 5.41) is 10.7. The van der Waals surface area contributed by atoms with Gasteiger partial charge in [0.25, 0.3) is 0 Å². The molecule has 2 aliphatic carbocycles. The molecule has 2 aliphatic rings. The minimum atomic E-state index is 1.25. The van der Waals surface area contributed by atoms with Crippen LogP contribution in [0.4, 0.5) is 0 Å². The second-order valence-corrected chi connectivity index (χ2v) is 12.8. The highest BCUT2D eigenvalue weighted by Crippen LogP contribution is 2.52. The van der Waals surface area contributed by atoms with Crippen molar-refractivity contribution in [1.82, 2.24) is 0 Å². The molecule has 210 valence electrons. The number of rotatable bonds is 2. The van der Waals surface area contributed by atoms with Crippen molar-refractivity contribution in [2.75, 3.05) is 0 Å². The second kappa shape index (κ2) is 8.81. The van der Waals surface area contributed by atoms with E-state index in [4.69, 9.17) is 0 Å². The fourth-order valence-electron chi connectivity index (χ4n) is 8.52. The number of hydrogen-bond donors (Lipinski definition) is 0. The van der Waals surface area contributed by atoms with Gasteiger partial charge in [-0.15, -0.1) is 0 Å². The molecule has 0 atom stereocenters. The van der Waals surface area contributed by atoms with Crippen LogP contribution in [0.2, 0.25) is 0 Å². The molecule has 0 heterocycles. The summed E-state index contributed by atoms with van der Waals surface area (Å²) < 4.78 is 0. The summed E-state index contributed by atoms with van der Waals surface area (Å²) in [6.45, 7) is 0. The predicted octanol–water partition coefficient (Wildman–Crippen LogP) is 12.9. The number of benzene rings is 9. The van der Waals surface area contributed by atoms with Crippen LogP contribution in [0.15, 0.2) is 158 Å². The van der Waals surface area contributed by atoms with Gasteiger partial charge >= 0.3 is 0 Å². The lowest BCUT2D eigenvalue weighted by Gasteiger charge is -2.13. The van der Waals surface area contributed by atoms with Gasteiger partial charge in [0.2, 0.25) is 0 Å². The highest BCUT2D eigenvalue weighted by Gasteiger charge is 2.25. The molecule has 11 rings (SSSR count). The Kier molecular flexibility index (Phi) is 4.66. The maximum absolute atomic E-state index is 2.41. The molecule has 0 spiro atoms. The van der Waals surface area contributed by atoms with Gasteiger partial charge in [-0.25, -0.2) is 0 Å². The molecule has 0 N–H and O–H groups in total. The van der Waals surface area contributed by atoms with Crippen molar-refractivity contribution < 1.29 is 0 Å². The van der Waals surface area contributed by atoms with Crippen LogP contribution in [0, 0.1) is 0 Å². The summed E-state index contributed by atoms with van der Waals surface area (Å²) in [4.78, 5) is 0. The smallest absolute Gasteiger partial charge is 0.00197 e. The van der Waals surface area contributed by atoms with Crippen LogP contribution in [-0.2, 0) is 0 Å². The normalized spacial score (nSPS) is 12.3. The number of fused-ring (bicyclic) bond motifs is 10. The lowest BCUT2D eigenvalue weighted by molar-refractivity contribution is 1.64. The van der Waals surface area contributed by atoms with Crippen molar-refractivity contribution in [2.45, 2.75) is 0 Å². The van der Waals surface area contributed by atoms with Gasteiger partial charge in [-0.2, -0.15) is 0 Å². The van der Waals surface area contributed by atoms with E-state index in [2.05, 4.69) is 158 Å². The first kappa shape index (κ1) is 24.4. The van der Waals surface area contributed by atoms with Crippen molar-refractivity contribution in [3.8, 4) is 66.8 Å². The van der Waals surface area contributed by atoms with E-state index in [1.807, 2.05) is 0 Å². The SMILES string of the molecule is c1ccc(-c2ccc3c4c(cccc24)-c2ccc(-c4ccc5c(ccc6cc7c8c(cccc8c65)-c5ccccc5-7)c4)cc2-3)cc1. The van der Waals surface area contributed by atoms with Crippen LogP contribution < -0.4 is 0 Å². The largest absolute Gasteiger partial charge is 0.0622 e. The van der Waals surface area contributed by atoms with Crippen molar-refractivity contribution >= 4 is 43.1 Å². The first-order valence-corrected chi connectivity index (χ1v) is 16.1. The van der Waals surface area contributed by atoms with Crippen LogP contribution in [-0.4, -0.2) is 0 Å². The summed E-state index contributed by atoms with van der Waals surface area (Å²) in [7, 11) is 0. The molecule has 46 heavy (non-hydrogen) atoms. The monoisotopic (exact) mass is 578 g/mol. The minimum absolute atomic E-state index is 1.25. The maximum atomic E-state index is 2.41. The van der Waals surface area contributed by atoms with Gasteiger partial charge in [0.15, 0.2) is 0 Å². The predicted molar refractivity (Wildman–Crippen MR) is 196 cm³/mol. The summed E-state index contributed by atoms with van der Waals surface area (Å²) in [6, 6.07) is 58.9. The highest BCUT2D eigenvalue weighted by molar-refractivity contribution is 6.29. The Morgan fingerprint density at radius 1 is 0.217 bits per heavy atom. The Bertz CT molecular complexity index is 2780. The van der Waals surface area contributed by atoms with Crippen LogP contribution in [0.3, 0.4) is 0 Å². The van der Waals surface area contributed by atoms with Crippen LogP contribution in [0.5, 0.6) is 0 Å². The molecule has 0 saturated carbocycles. The molecule has 0 amide bonds. The van der Waals surface area contributed by atoms with Gasteiger partial charge in [-0.3, -0.25) is 0 Å². The minimum Gasteiger partial charge on any atom is -0.0622 e. The van der Waals surface area contributed by atoms with Gasteiger partial charge in [0.1, 0.15) is 0 Å². The molecule has 0 unspecified atom stereocenters. The lowest BCUT2D eigenvalue weighted by atomic mass is 9.91. The van der Waals surface area contributed by atoms with E-state index >= 15 is 0 Å². The zero-order valence-electron chi connectivity index (χ0n) is 25.0. The second-order valence-electron chi connectivity index (χ2n) is 12.8. The zero-order valence-corrected chi connectivity index (χ0v) is 25.0. The third-order valence-electron chi connectivity index (χ3n) is 10.5. The van der Waals surface area contributed by atoms with Crippen molar-refractivity contribution in [3.63, 3.8) is 0 Å². The van der Waals surface area contributed by atoms with E-state index in [9.17, 15) is 0 Å². The molecule has 0 bridgehead atoms. The zero-order chi connectivity index (χ0) is 29.9. The van der Waals surface area contributed by atoms with E-state index in [1.165, 1.54) is 110 Å². The number of hydrogen-bond acceptors (Lipinski definition) is 0. The van der Waals surface area contributed by atoms with Crippen LogP contribution in [0.1, 0.15) is 0 Å². The van der Waals surface area contributed by atoms with Crippen molar-refractivity contribution in [3.05, 3.63) is 158 Å². The van der Waals surface area contributed by atoms with E-state index in [-0.39, 0.29) is 0 Å². The first-order chi connectivity index (χ1) is 22.8. The van der Waals surface area contributed by atoms with Gasteiger partial charge in [0, 0.05) is 0 Å². The Balaban J connectivity index is 1.07. The molecule has 0 radical (unpaired) electrons. The highest BCUT2D eigenvalue weighted by atomic mass is 14.3. The average Bonchev–Trinajstić information content (AvgIpc) is 3.62. The third-order valence-corrected chi connectivity index (χ3v) is 10.5. The summed E-state index contributed by atoms with van der Waals surface area (Å²) in [5.74, 6) is 0. The van der Waals surface area contributed by atoms with Gasteiger partial charge < -0.3 is 0 Å². The summed E-state index contributed by atoms with van der Waals surface area (Å²) in [6.07, 6.45) is 0. The standard InChI is InChI=1S/C46H26/c1-2-8-27(9-3-1)32-22-23-40-42-25-29(19-21-36(42)39-13-6-12-37(32)45(39)40)28-18-20-33-30(24-28)16-17-31-26-43-35-11-5-4-10-34(35)38-14-7-15-41(44(31)33)46(38)43/h1-26H. The van der Waals surface area contributed by atoms with Gasteiger partial charge in [-0.1, -0.05) is 140 Å². The van der Waals surface area contributed by atoms with Crippen molar-refractivity contribution in [1.29, 1.82) is 0 Å². The molecule has 0 heteroatoms. The average molecular weight is 579 g/mol. The molecule has 0 fully saturated rings. The van der Waals surface area contributed by atoms with Crippen LogP contribution >= 0.6 is 0 Å². The molecule has 0 aromatic heterocycles. The quantitative estimate of drug-likeness (QED) is 0.179. The fraction of sp³-hybridized carbons (Fsp3) is 0. The Morgan fingerprint density at radius 3 is 1.65 bits per heavy atom. The Hall–Kier alpha value is -5.98. The summed E-state index contributed by atoms with van der Waals surface area (Å²) >= 11 is 0. The van der Waals surface area contributed by atoms with E-state index in [0.29, 0.717) is 0 Å². The van der Waals surface area contributed by atoms with Crippen molar-refractivity contribution in [2.24, 2.45) is 0 Å². The molecule has 9 aromatic carbocycles. The molecule has 9 aromatic rings. The molecular weight excluding hydrogens is 553 g/mol. The Labute approximate surface area is 266 Å². The maximum Gasteiger partial charge on any atom is -0.00197 e. The van der Waals surface area contributed by atoms with E-state index < -0.39 is 0 Å². The van der Waals surface area contributed by atoms with Crippen LogP contribution in [0.25, 0.3) is 110 Å². The van der Waals surface area contributed by atoms with E-state index in [0.717, 1.165) is 0 Å². The molecular formula is C46H26. The Morgan fingerprint density at radius 2 is 0.804 bits per heavy atom. The molecule has 0 aliphatic heterocycles. The molecule has 0 nitrogen and oxygen atoms in total.